The van der Waals surface area contributed by atoms with Gasteiger partial charge in [0.25, 0.3) is 0 Å². The van der Waals surface area contributed by atoms with Crippen LogP contribution in [-0.4, -0.2) is 23.7 Å². The van der Waals surface area contributed by atoms with Gasteiger partial charge in [0.1, 0.15) is 5.75 Å². The van der Waals surface area contributed by atoms with Crippen molar-refractivity contribution in [3.05, 3.63) is 48.3 Å². The number of ether oxygens (including phenoxy) is 2. The van der Waals surface area contributed by atoms with Gasteiger partial charge < -0.3 is 9.47 Å². The molecule has 0 aliphatic heterocycles. The molecule has 4 heteroatoms. The van der Waals surface area contributed by atoms with Crippen LogP contribution in [-0.2, 0) is 6.42 Å². The maximum absolute atomic E-state index is 5.42. The van der Waals surface area contributed by atoms with Crippen LogP contribution in [0.1, 0.15) is 5.56 Å². The van der Waals surface area contributed by atoms with Crippen molar-refractivity contribution in [2.45, 2.75) is 6.42 Å². The van der Waals surface area contributed by atoms with Crippen molar-refractivity contribution in [1.29, 1.82) is 0 Å². The molecule has 1 heterocycles. The van der Waals surface area contributed by atoms with E-state index < -0.39 is 0 Å². The molecule has 17 heavy (non-hydrogen) atoms. The fourth-order valence-electron chi connectivity index (χ4n) is 1.45. The van der Waals surface area contributed by atoms with E-state index in [4.69, 9.17) is 9.47 Å². The third-order valence-electron chi connectivity index (χ3n) is 2.30. The molecule has 0 fully saturated rings. The first-order chi connectivity index (χ1) is 8.38. The lowest BCUT2D eigenvalue weighted by atomic mass is 10.1. The van der Waals surface area contributed by atoms with Gasteiger partial charge in [-0.15, -0.1) is 0 Å². The van der Waals surface area contributed by atoms with E-state index in [2.05, 4.69) is 9.97 Å². The number of hydrogen-bond donors (Lipinski definition) is 0. The SMILES string of the molecule is COc1cccc(CCOc2ncccn2)c1. The quantitative estimate of drug-likeness (QED) is 0.789. The van der Waals surface area contributed by atoms with Gasteiger partial charge >= 0.3 is 6.01 Å². The van der Waals surface area contributed by atoms with Crippen LogP contribution in [0.15, 0.2) is 42.7 Å². The average molecular weight is 230 g/mol. The Hall–Kier alpha value is -2.10. The lowest BCUT2D eigenvalue weighted by Gasteiger charge is -2.05. The van der Waals surface area contributed by atoms with Crippen molar-refractivity contribution < 1.29 is 9.47 Å². The molecular weight excluding hydrogens is 216 g/mol. The minimum absolute atomic E-state index is 0.412. The summed E-state index contributed by atoms with van der Waals surface area (Å²) >= 11 is 0. The highest BCUT2D eigenvalue weighted by Crippen LogP contribution is 2.13. The van der Waals surface area contributed by atoms with Gasteiger partial charge in [-0.05, 0) is 23.8 Å². The highest BCUT2D eigenvalue weighted by atomic mass is 16.5. The zero-order chi connectivity index (χ0) is 11.9. The highest BCUT2D eigenvalue weighted by Gasteiger charge is 1.98. The Balaban J connectivity index is 1.86. The molecule has 0 unspecified atom stereocenters. The van der Waals surface area contributed by atoms with Gasteiger partial charge in [-0.3, -0.25) is 0 Å². The van der Waals surface area contributed by atoms with Gasteiger partial charge in [0.15, 0.2) is 0 Å². The molecule has 0 saturated heterocycles. The summed E-state index contributed by atoms with van der Waals surface area (Å²) in [7, 11) is 1.66. The van der Waals surface area contributed by atoms with Crippen LogP contribution in [0.5, 0.6) is 11.8 Å². The van der Waals surface area contributed by atoms with Crippen LogP contribution in [0.4, 0.5) is 0 Å². The highest BCUT2D eigenvalue weighted by molar-refractivity contribution is 5.28. The Morgan fingerprint density at radius 1 is 1.12 bits per heavy atom. The second-order valence-electron chi connectivity index (χ2n) is 3.48. The molecule has 0 N–H and O–H groups in total. The fraction of sp³-hybridized carbons (Fsp3) is 0.231. The molecule has 0 aliphatic rings. The average Bonchev–Trinajstić information content (AvgIpc) is 2.40. The van der Waals surface area contributed by atoms with Crippen molar-refractivity contribution in [3.63, 3.8) is 0 Å². The molecule has 2 aromatic rings. The molecule has 0 bridgehead atoms. The predicted octanol–water partition coefficient (Wildman–Crippen LogP) is 2.11. The summed E-state index contributed by atoms with van der Waals surface area (Å²) < 4.78 is 10.6. The minimum Gasteiger partial charge on any atom is -0.497 e. The van der Waals surface area contributed by atoms with Crippen LogP contribution in [0, 0.1) is 0 Å². The van der Waals surface area contributed by atoms with Crippen molar-refractivity contribution >= 4 is 0 Å². The lowest BCUT2D eigenvalue weighted by Crippen LogP contribution is -2.03. The first-order valence-electron chi connectivity index (χ1n) is 5.41. The second kappa shape index (κ2) is 5.84. The van der Waals surface area contributed by atoms with E-state index in [0.29, 0.717) is 12.6 Å². The summed E-state index contributed by atoms with van der Waals surface area (Å²) in [6.07, 6.45) is 4.12. The number of methoxy groups -OCH3 is 1. The van der Waals surface area contributed by atoms with E-state index in [1.807, 2.05) is 24.3 Å². The standard InChI is InChI=1S/C13H14N2O2/c1-16-12-5-2-4-11(10-12)6-9-17-13-14-7-3-8-15-13/h2-5,7-8,10H,6,9H2,1H3. The van der Waals surface area contributed by atoms with E-state index in [0.717, 1.165) is 12.2 Å². The Morgan fingerprint density at radius 3 is 2.71 bits per heavy atom. The zero-order valence-electron chi connectivity index (χ0n) is 9.67. The van der Waals surface area contributed by atoms with Crippen molar-refractivity contribution in [3.8, 4) is 11.8 Å². The number of aromatic nitrogens is 2. The predicted molar refractivity (Wildman–Crippen MR) is 64.2 cm³/mol. The van der Waals surface area contributed by atoms with E-state index in [9.17, 15) is 0 Å². The summed E-state index contributed by atoms with van der Waals surface area (Å²) in [6, 6.07) is 10.1. The normalized spacial score (nSPS) is 9.94. The molecular formula is C13H14N2O2. The molecule has 0 amide bonds. The molecule has 88 valence electrons. The largest absolute Gasteiger partial charge is 0.497 e. The summed E-state index contributed by atoms with van der Waals surface area (Å²) in [5, 5.41) is 0. The third kappa shape index (κ3) is 3.45. The molecule has 4 nitrogen and oxygen atoms in total. The van der Waals surface area contributed by atoms with E-state index in [1.165, 1.54) is 5.56 Å². The third-order valence-corrected chi connectivity index (χ3v) is 2.30. The number of hydrogen-bond acceptors (Lipinski definition) is 4. The van der Waals surface area contributed by atoms with Crippen molar-refractivity contribution in [2.75, 3.05) is 13.7 Å². The Bertz CT molecular complexity index is 460. The molecule has 1 aromatic carbocycles. The van der Waals surface area contributed by atoms with Gasteiger partial charge in [0, 0.05) is 18.8 Å². The Labute approximate surface area is 100 Å². The first kappa shape index (κ1) is 11.4. The molecule has 0 radical (unpaired) electrons. The monoisotopic (exact) mass is 230 g/mol. The molecule has 0 atom stereocenters. The zero-order valence-corrected chi connectivity index (χ0v) is 9.67. The smallest absolute Gasteiger partial charge is 0.316 e. The van der Waals surface area contributed by atoms with Crippen LogP contribution < -0.4 is 9.47 Å². The summed E-state index contributed by atoms with van der Waals surface area (Å²) in [6.45, 7) is 0.553. The summed E-state index contributed by atoms with van der Waals surface area (Å²) in [5.41, 5.74) is 1.17. The van der Waals surface area contributed by atoms with Gasteiger partial charge in [0.05, 0.1) is 13.7 Å². The van der Waals surface area contributed by atoms with Crippen LogP contribution in [0.3, 0.4) is 0 Å². The number of nitrogens with zero attached hydrogens (tertiary/aromatic N) is 2. The van der Waals surface area contributed by atoms with Crippen molar-refractivity contribution in [1.82, 2.24) is 9.97 Å². The Morgan fingerprint density at radius 2 is 1.94 bits per heavy atom. The molecule has 0 spiro atoms. The molecule has 2 rings (SSSR count). The minimum atomic E-state index is 0.412. The van der Waals surface area contributed by atoms with Crippen LogP contribution in [0.2, 0.25) is 0 Å². The van der Waals surface area contributed by atoms with E-state index >= 15 is 0 Å². The van der Waals surface area contributed by atoms with Crippen molar-refractivity contribution in [2.24, 2.45) is 0 Å². The maximum Gasteiger partial charge on any atom is 0.316 e. The van der Waals surface area contributed by atoms with Gasteiger partial charge in [-0.1, -0.05) is 12.1 Å². The topological polar surface area (TPSA) is 44.2 Å². The van der Waals surface area contributed by atoms with E-state index in [-0.39, 0.29) is 0 Å². The Kier molecular flexibility index (Phi) is 3.91. The summed E-state index contributed by atoms with van der Waals surface area (Å²) in [4.78, 5) is 7.97. The van der Waals surface area contributed by atoms with Crippen LogP contribution in [0.25, 0.3) is 0 Å². The molecule has 0 saturated carbocycles. The van der Waals surface area contributed by atoms with Gasteiger partial charge in [0.2, 0.25) is 0 Å². The fourth-order valence-corrected chi connectivity index (χ4v) is 1.45. The number of benzene rings is 1. The van der Waals surface area contributed by atoms with Crippen LogP contribution >= 0.6 is 0 Å². The first-order valence-corrected chi connectivity index (χ1v) is 5.41. The van der Waals surface area contributed by atoms with Gasteiger partial charge in [-0.25, -0.2) is 9.97 Å². The van der Waals surface area contributed by atoms with E-state index in [1.54, 1.807) is 25.6 Å². The summed E-state index contributed by atoms with van der Waals surface area (Å²) in [5.74, 6) is 0.860. The lowest BCUT2D eigenvalue weighted by molar-refractivity contribution is 0.296. The molecule has 0 aliphatic carbocycles. The number of rotatable bonds is 5. The molecule has 1 aromatic heterocycles. The van der Waals surface area contributed by atoms with Gasteiger partial charge in [-0.2, -0.15) is 0 Å². The maximum atomic E-state index is 5.42. The second-order valence-corrected chi connectivity index (χ2v) is 3.48.